The van der Waals surface area contributed by atoms with Crippen molar-refractivity contribution in [2.24, 2.45) is 28.2 Å². The molecule has 0 radical (unpaired) electrons. The van der Waals surface area contributed by atoms with Crippen LogP contribution in [0.3, 0.4) is 0 Å². The molecule has 20 nitrogen and oxygen atoms in total. The van der Waals surface area contributed by atoms with E-state index in [2.05, 4.69) is 43.6 Å². The quantitative estimate of drug-likeness (QED) is 0.180. The molecule has 10 heterocycles. The predicted octanol–water partition coefficient (Wildman–Crippen LogP) is 5.67. The van der Waals surface area contributed by atoms with Crippen molar-refractivity contribution < 1.29 is 26.4 Å². The number of imidazole rings is 2. The van der Waals surface area contributed by atoms with Gasteiger partial charge in [0, 0.05) is 119 Å². The van der Waals surface area contributed by atoms with Crippen molar-refractivity contribution >= 4 is 58.9 Å². The lowest BCUT2D eigenvalue weighted by Crippen LogP contribution is -2.38. The van der Waals surface area contributed by atoms with Gasteiger partial charge in [0.25, 0.3) is 0 Å². The number of carbonyl (C=O) groups excluding carboxylic acids is 2. The topological polar surface area (TPSA) is 216 Å². The molecule has 0 spiro atoms. The average Bonchev–Trinajstić information content (AvgIpc) is 4.27. The van der Waals surface area contributed by atoms with Crippen molar-refractivity contribution in [3.8, 4) is 45.0 Å². The van der Waals surface area contributed by atoms with Crippen LogP contribution < -0.4 is 0 Å². The zero-order valence-electron chi connectivity index (χ0n) is 42.6. The summed E-state index contributed by atoms with van der Waals surface area (Å²) in [5, 5.41) is 20.2. The van der Waals surface area contributed by atoms with E-state index in [0.717, 1.165) is 95.4 Å². The van der Waals surface area contributed by atoms with Crippen LogP contribution in [0.4, 0.5) is 0 Å². The number of allylic oxidation sites excluding steroid dienone is 1. The molecule has 2 amide bonds. The highest BCUT2D eigenvalue weighted by Gasteiger charge is 2.34. The summed E-state index contributed by atoms with van der Waals surface area (Å²) in [5.74, 6) is 2.66. The third kappa shape index (κ3) is 9.04. The molecule has 1 saturated heterocycles. The van der Waals surface area contributed by atoms with Crippen LogP contribution in [0.15, 0.2) is 67.3 Å². The number of hydrogen-bond acceptors (Lipinski definition) is 12. The molecule has 0 atom stereocenters. The average molecular weight is 1040 g/mol. The summed E-state index contributed by atoms with van der Waals surface area (Å²) in [5.41, 5.74) is 12.1. The minimum absolute atomic E-state index is 0.0381. The number of rotatable bonds is 8. The Labute approximate surface area is 429 Å². The van der Waals surface area contributed by atoms with Crippen LogP contribution in [0.2, 0.25) is 0 Å². The van der Waals surface area contributed by atoms with Crippen molar-refractivity contribution in [1.82, 2.24) is 68.0 Å². The minimum atomic E-state index is -3.05. The van der Waals surface area contributed by atoms with Gasteiger partial charge < -0.3 is 18.9 Å². The smallest absolute Gasteiger partial charge is 0.222 e. The van der Waals surface area contributed by atoms with Crippen LogP contribution in [0, 0.1) is 0 Å². The SMILES string of the molecule is CCC(=O)N1CCn2c(C3=CCS(=O)(=O)CC3)nc(-c3ccc4c(c3)c(-c3cnn(C)c3)nn4C)c2C1.CCC(=O)N1CCn2c(C3CCS(=O)(=O)CC3)nc(-c3ccc4c(c3)c(-c3cnn(C)c3)nn4C)c2C1. The van der Waals surface area contributed by atoms with E-state index in [9.17, 15) is 26.4 Å². The number of aryl methyl sites for hydroxylation is 4. The molecule has 386 valence electrons. The van der Waals surface area contributed by atoms with Crippen LogP contribution in [0.5, 0.6) is 0 Å². The fourth-order valence-corrected chi connectivity index (χ4v) is 13.7. The summed E-state index contributed by atoms with van der Waals surface area (Å²) >= 11 is 0. The molecule has 0 aliphatic carbocycles. The Morgan fingerprint density at radius 3 is 1.61 bits per heavy atom. The van der Waals surface area contributed by atoms with E-state index in [1.807, 2.05) is 98.1 Å². The molecule has 0 N–H and O–H groups in total. The van der Waals surface area contributed by atoms with E-state index in [1.54, 1.807) is 15.4 Å². The lowest BCUT2D eigenvalue weighted by molar-refractivity contribution is -0.133. The van der Waals surface area contributed by atoms with Gasteiger partial charge in [-0.3, -0.25) is 28.3 Å². The Morgan fingerprint density at radius 1 is 0.608 bits per heavy atom. The number of benzene rings is 2. The number of aromatic nitrogens is 12. The first kappa shape index (κ1) is 49.0. The molecule has 0 bridgehead atoms. The highest BCUT2D eigenvalue weighted by molar-refractivity contribution is 7.91. The second-order valence-electron chi connectivity index (χ2n) is 19.9. The summed E-state index contributed by atoms with van der Waals surface area (Å²) < 4.78 is 59.9. The lowest BCUT2D eigenvalue weighted by atomic mass is 10.0. The molecule has 0 saturated carbocycles. The van der Waals surface area contributed by atoms with Crippen LogP contribution in [-0.2, 0) is 83.6 Å². The van der Waals surface area contributed by atoms with Crippen molar-refractivity contribution in [3.63, 3.8) is 0 Å². The van der Waals surface area contributed by atoms with Crippen LogP contribution in [0.1, 0.15) is 74.9 Å². The predicted molar refractivity (Wildman–Crippen MR) is 282 cm³/mol. The van der Waals surface area contributed by atoms with Crippen molar-refractivity contribution in [1.29, 1.82) is 0 Å². The Morgan fingerprint density at radius 2 is 1.12 bits per heavy atom. The summed E-state index contributed by atoms with van der Waals surface area (Å²) in [6, 6.07) is 12.5. The summed E-state index contributed by atoms with van der Waals surface area (Å²) in [6.45, 7) is 7.29. The van der Waals surface area contributed by atoms with E-state index < -0.39 is 19.7 Å². The summed E-state index contributed by atoms with van der Waals surface area (Å²) in [6.07, 6.45) is 11.9. The van der Waals surface area contributed by atoms with Crippen molar-refractivity contribution in [2.45, 2.75) is 78.0 Å². The van der Waals surface area contributed by atoms with Gasteiger partial charge in [0.15, 0.2) is 9.84 Å². The van der Waals surface area contributed by atoms with E-state index in [4.69, 9.17) is 20.2 Å². The molecule has 8 aromatic rings. The van der Waals surface area contributed by atoms with Gasteiger partial charge in [-0.15, -0.1) is 0 Å². The molecule has 12 rings (SSSR count). The van der Waals surface area contributed by atoms with Gasteiger partial charge in [0.1, 0.15) is 32.9 Å². The highest BCUT2D eigenvalue weighted by Crippen LogP contribution is 2.39. The first-order valence-corrected chi connectivity index (χ1v) is 28.9. The molecule has 22 heteroatoms. The molecule has 6 aromatic heterocycles. The number of hydrogen-bond donors (Lipinski definition) is 0. The van der Waals surface area contributed by atoms with Gasteiger partial charge in [-0.2, -0.15) is 20.4 Å². The maximum Gasteiger partial charge on any atom is 0.222 e. The van der Waals surface area contributed by atoms with Crippen molar-refractivity contribution in [2.75, 3.05) is 36.1 Å². The number of amides is 2. The van der Waals surface area contributed by atoms with Crippen LogP contribution >= 0.6 is 0 Å². The van der Waals surface area contributed by atoms with Gasteiger partial charge in [-0.25, -0.2) is 26.8 Å². The van der Waals surface area contributed by atoms with E-state index in [-0.39, 0.29) is 40.7 Å². The lowest BCUT2D eigenvalue weighted by Gasteiger charge is -2.31. The van der Waals surface area contributed by atoms with E-state index in [0.29, 0.717) is 71.4 Å². The normalized spacial score (nSPS) is 17.5. The summed E-state index contributed by atoms with van der Waals surface area (Å²) in [7, 11) is 1.61. The largest absolute Gasteiger partial charge is 0.335 e. The zero-order valence-corrected chi connectivity index (χ0v) is 44.2. The summed E-state index contributed by atoms with van der Waals surface area (Å²) in [4.78, 5) is 39.2. The molecule has 74 heavy (non-hydrogen) atoms. The third-order valence-corrected chi connectivity index (χ3v) is 18.2. The molecular formula is C52H60N14O6S2. The van der Waals surface area contributed by atoms with E-state index >= 15 is 0 Å². The monoisotopic (exact) mass is 1040 g/mol. The first-order valence-electron chi connectivity index (χ1n) is 25.2. The fraction of sp³-hybridized carbons (Fsp3) is 0.423. The molecule has 1 fully saturated rings. The zero-order chi connectivity index (χ0) is 51.8. The van der Waals surface area contributed by atoms with Crippen LogP contribution in [0.25, 0.3) is 72.4 Å². The maximum atomic E-state index is 12.6. The highest BCUT2D eigenvalue weighted by atomic mass is 32.2. The minimum Gasteiger partial charge on any atom is -0.335 e. The second-order valence-corrected chi connectivity index (χ2v) is 24.4. The standard InChI is InChI=1S/C26H31N7O3S.C26H29N7O3S/c2*1-4-23(34)32-9-10-33-22(16-32)25(28-26(33)17-7-11-37(35,36)12-8-17)18-5-6-21-20(13-18)24(29-31(21)3)19-14-27-30(2)15-19/h5-6,13-15,17H,4,7-12,16H2,1-3H3;5-7,13-15H,4,8-12,16H2,1-3H3. The molecular weight excluding hydrogens is 981 g/mol. The van der Waals surface area contributed by atoms with Gasteiger partial charge >= 0.3 is 0 Å². The maximum absolute atomic E-state index is 12.6. The second kappa shape index (κ2) is 18.9. The van der Waals surface area contributed by atoms with Gasteiger partial charge in [0.2, 0.25) is 11.8 Å². The van der Waals surface area contributed by atoms with Crippen molar-refractivity contribution in [3.05, 3.63) is 90.3 Å². The Balaban J connectivity index is 0.000000159. The molecule has 0 unspecified atom stereocenters. The fourth-order valence-electron chi connectivity index (χ4n) is 11.0. The molecule has 2 aromatic carbocycles. The van der Waals surface area contributed by atoms with Crippen LogP contribution in [-0.4, -0.2) is 133 Å². The Bertz CT molecular complexity index is 3800. The Kier molecular flexibility index (Phi) is 12.5. The van der Waals surface area contributed by atoms with Gasteiger partial charge in [0.05, 0.1) is 82.3 Å². The third-order valence-electron chi connectivity index (χ3n) is 15.0. The molecule has 4 aliphatic heterocycles. The number of sulfone groups is 2. The number of carbonyl (C=O) groups is 2. The van der Waals surface area contributed by atoms with E-state index in [1.165, 1.54) is 0 Å². The Hall–Kier alpha value is -7.20. The number of nitrogens with zero attached hydrogens (tertiary/aromatic N) is 14. The number of fused-ring (bicyclic) bond motifs is 4. The first-order chi connectivity index (χ1) is 35.5. The van der Waals surface area contributed by atoms with Gasteiger partial charge in [-0.05, 0) is 49.1 Å². The van der Waals surface area contributed by atoms with Gasteiger partial charge in [-0.1, -0.05) is 32.1 Å². The molecule has 4 aliphatic rings.